The molecule has 1 aliphatic rings. The molecule has 4 rings (SSSR count). The Hall–Kier alpha value is -2.28. The number of carbonyl (C=O) groups is 1. The predicted molar refractivity (Wildman–Crippen MR) is 105 cm³/mol. The Balaban J connectivity index is 1.45. The van der Waals surface area contributed by atoms with Gasteiger partial charge in [0.2, 0.25) is 0 Å². The van der Waals surface area contributed by atoms with E-state index in [0.29, 0.717) is 12.1 Å². The van der Waals surface area contributed by atoms with Gasteiger partial charge in [0.05, 0.1) is 21.8 Å². The van der Waals surface area contributed by atoms with Crippen molar-refractivity contribution in [3.05, 3.63) is 59.1 Å². The van der Waals surface area contributed by atoms with E-state index >= 15 is 0 Å². The molecule has 6 heteroatoms. The lowest BCUT2D eigenvalue weighted by molar-refractivity contribution is 0.0668. The number of likely N-dealkylation sites (tertiary alicyclic amines) is 1. The second kappa shape index (κ2) is 7.53. The maximum Gasteiger partial charge on any atom is 0.255 e. The van der Waals surface area contributed by atoms with Crippen LogP contribution in [0.25, 0.3) is 10.2 Å². The number of nitrogens with zero attached hydrogens (tertiary/aromatic N) is 2. The third-order valence-electron chi connectivity index (χ3n) is 4.67. The molecule has 0 radical (unpaired) electrons. The van der Waals surface area contributed by atoms with Crippen molar-refractivity contribution >= 4 is 33.1 Å². The summed E-state index contributed by atoms with van der Waals surface area (Å²) in [4.78, 5) is 19.1. The summed E-state index contributed by atoms with van der Waals surface area (Å²) in [5.74, 6) is -0.116. The minimum absolute atomic E-state index is 0.116. The van der Waals surface area contributed by atoms with Crippen LogP contribution in [0.15, 0.2) is 48.0 Å². The van der Waals surface area contributed by atoms with Gasteiger partial charge in [0.15, 0.2) is 0 Å². The molecule has 1 aliphatic heterocycles. The number of amides is 1. The van der Waals surface area contributed by atoms with Crippen LogP contribution >= 0.6 is 11.3 Å². The largest absolute Gasteiger partial charge is 0.392 e. The van der Waals surface area contributed by atoms with Crippen LogP contribution in [0, 0.1) is 0 Å². The summed E-state index contributed by atoms with van der Waals surface area (Å²) in [6.07, 6.45) is 1.65. The molecule has 0 spiro atoms. The lowest BCUT2D eigenvalue weighted by Crippen LogP contribution is -2.37. The van der Waals surface area contributed by atoms with E-state index in [9.17, 15) is 9.90 Å². The molecule has 1 aromatic heterocycles. The first-order chi connectivity index (χ1) is 12.7. The summed E-state index contributed by atoms with van der Waals surface area (Å²) in [5.41, 5.74) is 5.25. The van der Waals surface area contributed by atoms with E-state index in [0.717, 1.165) is 47.4 Å². The molecule has 0 saturated carbocycles. The van der Waals surface area contributed by atoms with Crippen LogP contribution in [0.3, 0.4) is 0 Å². The molecule has 5 nitrogen and oxygen atoms in total. The van der Waals surface area contributed by atoms with Crippen LogP contribution in [0.5, 0.6) is 0 Å². The van der Waals surface area contributed by atoms with Gasteiger partial charge in [-0.3, -0.25) is 9.69 Å². The van der Waals surface area contributed by atoms with Gasteiger partial charge in [-0.05, 0) is 55.3 Å². The number of benzene rings is 2. The smallest absolute Gasteiger partial charge is 0.255 e. The van der Waals surface area contributed by atoms with E-state index in [-0.39, 0.29) is 12.0 Å². The SMILES string of the molecule is O=C(Nc1ccc2ncsc2c1)c1cccc(CN2CCCC(O)C2)c1. The number of carbonyl (C=O) groups excluding carboxylic acids is 1. The van der Waals surface area contributed by atoms with Crippen LogP contribution in [0.2, 0.25) is 0 Å². The third-order valence-corrected chi connectivity index (χ3v) is 5.46. The van der Waals surface area contributed by atoms with E-state index in [1.807, 2.05) is 42.5 Å². The van der Waals surface area contributed by atoms with Crippen LogP contribution in [0.4, 0.5) is 5.69 Å². The predicted octanol–water partition coefficient (Wildman–Crippen LogP) is 3.51. The minimum atomic E-state index is -0.239. The van der Waals surface area contributed by atoms with Crippen molar-refractivity contribution in [2.75, 3.05) is 18.4 Å². The molecule has 26 heavy (non-hydrogen) atoms. The number of aromatic nitrogens is 1. The lowest BCUT2D eigenvalue weighted by atomic mass is 10.1. The van der Waals surface area contributed by atoms with Gasteiger partial charge in [0.25, 0.3) is 5.91 Å². The molecule has 1 saturated heterocycles. The molecule has 0 bridgehead atoms. The Morgan fingerprint density at radius 2 is 2.23 bits per heavy atom. The number of aliphatic hydroxyl groups excluding tert-OH is 1. The van der Waals surface area contributed by atoms with Gasteiger partial charge >= 0.3 is 0 Å². The van der Waals surface area contributed by atoms with Crippen LogP contribution < -0.4 is 5.32 Å². The summed E-state index contributed by atoms with van der Waals surface area (Å²) in [5, 5.41) is 12.8. The van der Waals surface area contributed by atoms with E-state index in [2.05, 4.69) is 15.2 Å². The van der Waals surface area contributed by atoms with Crippen molar-refractivity contribution in [3.8, 4) is 0 Å². The molecule has 1 fully saturated rings. The number of rotatable bonds is 4. The first-order valence-electron chi connectivity index (χ1n) is 8.81. The maximum absolute atomic E-state index is 12.6. The quantitative estimate of drug-likeness (QED) is 0.741. The Bertz CT molecular complexity index is 924. The fourth-order valence-electron chi connectivity index (χ4n) is 3.38. The first kappa shape index (κ1) is 17.1. The zero-order valence-corrected chi connectivity index (χ0v) is 15.2. The number of piperidine rings is 1. The zero-order chi connectivity index (χ0) is 17.9. The van der Waals surface area contributed by atoms with Gasteiger partial charge in [-0.1, -0.05) is 12.1 Å². The highest BCUT2D eigenvalue weighted by Gasteiger charge is 2.18. The number of nitrogens with one attached hydrogen (secondary N) is 1. The fourth-order valence-corrected chi connectivity index (χ4v) is 4.10. The topological polar surface area (TPSA) is 65.5 Å². The highest BCUT2D eigenvalue weighted by molar-refractivity contribution is 7.16. The highest BCUT2D eigenvalue weighted by Crippen LogP contribution is 2.22. The maximum atomic E-state index is 12.6. The Morgan fingerprint density at radius 1 is 1.31 bits per heavy atom. The molecular formula is C20H21N3O2S. The summed E-state index contributed by atoms with van der Waals surface area (Å²) < 4.78 is 1.06. The Morgan fingerprint density at radius 3 is 3.12 bits per heavy atom. The monoisotopic (exact) mass is 367 g/mol. The number of fused-ring (bicyclic) bond motifs is 1. The number of β-amino-alcohol motifs (C(OH)–C–C–N with tert-alkyl or cyclic N) is 1. The van der Waals surface area contributed by atoms with Gasteiger partial charge in [-0.2, -0.15) is 0 Å². The average Bonchev–Trinajstić information content (AvgIpc) is 3.10. The fraction of sp³-hybridized carbons (Fsp3) is 0.300. The normalized spacial score (nSPS) is 18.1. The molecule has 3 aromatic rings. The van der Waals surface area contributed by atoms with Gasteiger partial charge in [0.1, 0.15) is 0 Å². The number of thiazole rings is 1. The van der Waals surface area contributed by atoms with Crippen molar-refractivity contribution in [3.63, 3.8) is 0 Å². The van der Waals surface area contributed by atoms with Gasteiger partial charge in [-0.25, -0.2) is 4.98 Å². The van der Waals surface area contributed by atoms with Crippen molar-refractivity contribution in [2.45, 2.75) is 25.5 Å². The van der Waals surface area contributed by atoms with Crippen LogP contribution in [-0.4, -0.2) is 40.1 Å². The molecule has 1 atom stereocenters. The first-order valence-corrected chi connectivity index (χ1v) is 9.69. The van der Waals surface area contributed by atoms with Crippen molar-refractivity contribution in [1.29, 1.82) is 0 Å². The number of hydrogen-bond acceptors (Lipinski definition) is 5. The van der Waals surface area contributed by atoms with Gasteiger partial charge in [0, 0.05) is 24.3 Å². The van der Waals surface area contributed by atoms with E-state index < -0.39 is 0 Å². The average molecular weight is 367 g/mol. The minimum Gasteiger partial charge on any atom is -0.392 e. The molecule has 2 N–H and O–H groups in total. The molecule has 2 aromatic carbocycles. The Labute approximate surface area is 156 Å². The van der Waals surface area contributed by atoms with Crippen molar-refractivity contribution in [2.24, 2.45) is 0 Å². The van der Waals surface area contributed by atoms with E-state index in [4.69, 9.17) is 0 Å². The number of aliphatic hydroxyl groups is 1. The van der Waals surface area contributed by atoms with Crippen molar-refractivity contribution in [1.82, 2.24) is 9.88 Å². The van der Waals surface area contributed by atoms with E-state index in [1.54, 1.807) is 16.8 Å². The number of anilines is 1. The summed E-state index contributed by atoms with van der Waals surface area (Å²) in [6, 6.07) is 13.4. The summed E-state index contributed by atoms with van der Waals surface area (Å²) >= 11 is 1.56. The molecule has 2 heterocycles. The van der Waals surface area contributed by atoms with Crippen LogP contribution in [-0.2, 0) is 6.54 Å². The summed E-state index contributed by atoms with van der Waals surface area (Å²) in [7, 11) is 0. The zero-order valence-electron chi connectivity index (χ0n) is 14.4. The standard InChI is InChI=1S/C20H21N3O2S/c24-17-5-2-8-23(12-17)11-14-3-1-4-15(9-14)20(25)22-16-6-7-18-19(10-16)26-13-21-18/h1,3-4,6-7,9-10,13,17,24H,2,5,8,11-12H2,(H,22,25). The highest BCUT2D eigenvalue weighted by atomic mass is 32.1. The van der Waals surface area contributed by atoms with E-state index in [1.165, 1.54) is 0 Å². The third kappa shape index (κ3) is 3.93. The molecular weight excluding hydrogens is 346 g/mol. The Kier molecular flexibility index (Phi) is 4.97. The molecule has 1 amide bonds. The van der Waals surface area contributed by atoms with Crippen LogP contribution in [0.1, 0.15) is 28.8 Å². The van der Waals surface area contributed by atoms with Gasteiger partial charge in [-0.15, -0.1) is 11.3 Å². The number of hydrogen-bond donors (Lipinski definition) is 2. The summed E-state index contributed by atoms with van der Waals surface area (Å²) in [6.45, 7) is 2.44. The second-order valence-electron chi connectivity index (χ2n) is 6.72. The van der Waals surface area contributed by atoms with Gasteiger partial charge < -0.3 is 10.4 Å². The second-order valence-corrected chi connectivity index (χ2v) is 7.61. The molecule has 1 unspecified atom stereocenters. The molecule has 0 aliphatic carbocycles. The van der Waals surface area contributed by atoms with Crippen molar-refractivity contribution < 1.29 is 9.90 Å². The molecule has 134 valence electrons. The lowest BCUT2D eigenvalue weighted by Gasteiger charge is -2.30.